The van der Waals surface area contributed by atoms with Crippen LogP contribution in [0.1, 0.15) is 76.7 Å². The number of carbonyl (C=O) groups excluding carboxylic acids is 2. The number of benzene rings is 1. The molecule has 4 nitrogen and oxygen atoms in total. The minimum atomic E-state index is -0.533. The summed E-state index contributed by atoms with van der Waals surface area (Å²) in [5.74, 6) is -0.635. The van der Waals surface area contributed by atoms with E-state index in [9.17, 15) is 9.59 Å². The summed E-state index contributed by atoms with van der Waals surface area (Å²) in [6.45, 7) is 13.0. The molecule has 4 heteroatoms. The fourth-order valence-corrected chi connectivity index (χ4v) is 2.06. The van der Waals surface area contributed by atoms with Crippen molar-refractivity contribution in [3.63, 3.8) is 0 Å². The molecule has 0 saturated carbocycles. The van der Waals surface area contributed by atoms with Gasteiger partial charge >= 0.3 is 11.9 Å². The molecule has 1 unspecified atom stereocenters. The molecule has 0 aliphatic rings. The average Bonchev–Trinajstić information content (AvgIpc) is 2.34. The van der Waals surface area contributed by atoms with Gasteiger partial charge in [0, 0.05) is 0 Å². The number of carbonyl (C=O) groups is 2. The van der Waals surface area contributed by atoms with E-state index in [-0.39, 0.29) is 24.3 Å². The smallest absolute Gasteiger partial charge is 0.338 e. The van der Waals surface area contributed by atoms with Crippen molar-refractivity contribution in [1.29, 1.82) is 0 Å². The highest BCUT2D eigenvalue weighted by molar-refractivity contribution is 5.90. The predicted octanol–water partition coefficient (Wildman–Crippen LogP) is 4.48. The Bertz CT molecular complexity index is 561. The lowest BCUT2D eigenvalue weighted by atomic mass is 9.96. The van der Waals surface area contributed by atoms with Gasteiger partial charge in [-0.1, -0.05) is 19.1 Å². The molecule has 0 bridgehead atoms. The zero-order chi connectivity index (χ0) is 17.8. The first-order valence-electron chi connectivity index (χ1n) is 7.92. The van der Waals surface area contributed by atoms with Crippen molar-refractivity contribution in [2.45, 2.75) is 72.0 Å². The van der Waals surface area contributed by atoms with Crippen molar-refractivity contribution in [2.24, 2.45) is 0 Å². The quantitative estimate of drug-likeness (QED) is 0.768. The zero-order valence-electron chi connectivity index (χ0n) is 15.2. The van der Waals surface area contributed by atoms with Crippen LogP contribution in [0.2, 0.25) is 0 Å². The molecule has 23 heavy (non-hydrogen) atoms. The second kappa shape index (κ2) is 7.16. The van der Waals surface area contributed by atoms with E-state index < -0.39 is 11.2 Å². The molecule has 0 spiro atoms. The number of ether oxygens (including phenoxy) is 2. The molecule has 0 aliphatic heterocycles. The Morgan fingerprint density at radius 1 is 1.00 bits per heavy atom. The van der Waals surface area contributed by atoms with Crippen molar-refractivity contribution in [3.8, 4) is 0 Å². The molecule has 1 aromatic rings. The largest absolute Gasteiger partial charge is 0.460 e. The van der Waals surface area contributed by atoms with E-state index in [1.807, 2.05) is 54.5 Å². The van der Waals surface area contributed by atoms with E-state index in [1.165, 1.54) is 0 Å². The van der Waals surface area contributed by atoms with Crippen molar-refractivity contribution in [1.82, 2.24) is 0 Å². The second-order valence-electron chi connectivity index (χ2n) is 7.82. The topological polar surface area (TPSA) is 52.6 Å². The highest BCUT2D eigenvalue weighted by Crippen LogP contribution is 2.23. The van der Waals surface area contributed by atoms with Crippen LogP contribution in [0.4, 0.5) is 0 Å². The molecule has 0 amide bonds. The first kappa shape index (κ1) is 19.2. The molecule has 0 fully saturated rings. The molecule has 0 radical (unpaired) electrons. The minimum Gasteiger partial charge on any atom is -0.460 e. The molecule has 0 aromatic heterocycles. The van der Waals surface area contributed by atoms with Crippen molar-refractivity contribution in [3.05, 3.63) is 35.4 Å². The Kier molecular flexibility index (Phi) is 5.98. The van der Waals surface area contributed by atoms with Crippen LogP contribution in [0.3, 0.4) is 0 Å². The van der Waals surface area contributed by atoms with E-state index in [2.05, 4.69) is 0 Å². The molecule has 1 aromatic carbocycles. The van der Waals surface area contributed by atoms with Crippen LogP contribution in [0.15, 0.2) is 24.3 Å². The lowest BCUT2D eigenvalue weighted by Crippen LogP contribution is -2.25. The molecule has 128 valence electrons. The first-order chi connectivity index (χ1) is 10.4. The second-order valence-corrected chi connectivity index (χ2v) is 7.82. The summed E-state index contributed by atoms with van der Waals surface area (Å²) in [7, 11) is 0. The third-order valence-corrected chi connectivity index (χ3v) is 2.98. The van der Waals surface area contributed by atoms with Crippen molar-refractivity contribution >= 4 is 11.9 Å². The fourth-order valence-electron chi connectivity index (χ4n) is 2.06. The van der Waals surface area contributed by atoms with Gasteiger partial charge in [-0.25, -0.2) is 4.79 Å². The first-order valence-corrected chi connectivity index (χ1v) is 7.92. The van der Waals surface area contributed by atoms with Gasteiger partial charge in [-0.3, -0.25) is 4.79 Å². The zero-order valence-corrected chi connectivity index (χ0v) is 15.2. The molecular weight excluding hydrogens is 292 g/mol. The molecule has 1 rings (SSSR count). The molecule has 0 aliphatic carbocycles. The Labute approximate surface area is 139 Å². The predicted molar refractivity (Wildman–Crippen MR) is 90.5 cm³/mol. The average molecular weight is 320 g/mol. The van der Waals surface area contributed by atoms with Crippen LogP contribution >= 0.6 is 0 Å². The monoisotopic (exact) mass is 320 g/mol. The van der Waals surface area contributed by atoms with Gasteiger partial charge < -0.3 is 9.47 Å². The third-order valence-electron chi connectivity index (χ3n) is 2.98. The van der Waals surface area contributed by atoms with Crippen LogP contribution in [0.5, 0.6) is 0 Å². The third kappa shape index (κ3) is 7.31. The van der Waals surface area contributed by atoms with Crippen molar-refractivity contribution < 1.29 is 19.1 Å². The summed E-state index contributed by atoms with van der Waals surface area (Å²) >= 11 is 0. The molecular formula is C19H28O4. The number of esters is 2. The fraction of sp³-hybridized carbons (Fsp3) is 0.579. The van der Waals surface area contributed by atoms with Gasteiger partial charge in [-0.15, -0.1) is 0 Å². The normalized spacial score (nSPS) is 13.3. The summed E-state index contributed by atoms with van der Waals surface area (Å²) < 4.78 is 10.7. The van der Waals surface area contributed by atoms with E-state index in [0.717, 1.165) is 5.56 Å². The van der Waals surface area contributed by atoms with E-state index in [4.69, 9.17) is 9.47 Å². The molecule has 0 heterocycles. The Balaban J connectivity index is 2.80. The Morgan fingerprint density at radius 3 is 2.09 bits per heavy atom. The van der Waals surface area contributed by atoms with E-state index >= 15 is 0 Å². The highest BCUT2D eigenvalue weighted by Gasteiger charge is 2.21. The summed E-state index contributed by atoms with van der Waals surface area (Å²) in [4.78, 5) is 24.1. The summed E-state index contributed by atoms with van der Waals surface area (Å²) in [6, 6.07) is 7.21. The van der Waals surface area contributed by atoms with Gasteiger partial charge in [0.2, 0.25) is 0 Å². The van der Waals surface area contributed by atoms with E-state index in [1.54, 1.807) is 18.2 Å². The van der Waals surface area contributed by atoms with Gasteiger partial charge in [0.25, 0.3) is 0 Å². The van der Waals surface area contributed by atoms with Gasteiger partial charge in [0.1, 0.15) is 11.2 Å². The van der Waals surface area contributed by atoms with Crippen LogP contribution in [-0.4, -0.2) is 23.1 Å². The van der Waals surface area contributed by atoms with Gasteiger partial charge in [0.05, 0.1) is 12.0 Å². The van der Waals surface area contributed by atoms with Crippen LogP contribution in [-0.2, 0) is 14.3 Å². The van der Waals surface area contributed by atoms with Gasteiger partial charge in [0.15, 0.2) is 0 Å². The molecule has 0 N–H and O–H groups in total. The van der Waals surface area contributed by atoms with E-state index in [0.29, 0.717) is 5.56 Å². The van der Waals surface area contributed by atoms with Crippen molar-refractivity contribution in [2.75, 3.05) is 0 Å². The highest BCUT2D eigenvalue weighted by atomic mass is 16.6. The van der Waals surface area contributed by atoms with Crippen LogP contribution < -0.4 is 0 Å². The SMILES string of the molecule is CC(CC(=O)OC(C)(C)C)c1cccc(C(=O)OC(C)(C)C)c1. The number of rotatable bonds is 4. The maximum Gasteiger partial charge on any atom is 0.338 e. The summed E-state index contributed by atoms with van der Waals surface area (Å²) in [6.07, 6.45) is 0.273. The number of hydrogen-bond acceptors (Lipinski definition) is 4. The maximum absolute atomic E-state index is 12.1. The molecule has 0 saturated heterocycles. The van der Waals surface area contributed by atoms with Gasteiger partial charge in [-0.05, 0) is 65.2 Å². The van der Waals surface area contributed by atoms with Crippen LogP contribution in [0.25, 0.3) is 0 Å². The summed E-state index contributed by atoms with van der Waals surface area (Å²) in [5.41, 5.74) is 0.386. The maximum atomic E-state index is 12.1. The lowest BCUT2D eigenvalue weighted by Gasteiger charge is -2.21. The lowest BCUT2D eigenvalue weighted by molar-refractivity contribution is -0.155. The Morgan fingerprint density at radius 2 is 1.57 bits per heavy atom. The minimum absolute atomic E-state index is 0.0350. The van der Waals surface area contributed by atoms with Crippen LogP contribution in [0, 0.1) is 0 Å². The van der Waals surface area contributed by atoms with Gasteiger partial charge in [-0.2, -0.15) is 0 Å². The summed E-state index contributed by atoms with van der Waals surface area (Å²) in [5, 5.41) is 0. The Hall–Kier alpha value is -1.84. The standard InChI is InChI=1S/C19H28O4/c1-13(11-16(20)22-18(2,3)4)14-9-8-10-15(12-14)17(21)23-19(5,6)7/h8-10,12-13H,11H2,1-7H3. The molecule has 1 atom stereocenters. The number of hydrogen-bond donors (Lipinski definition) is 0.